The van der Waals surface area contributed by atoms with Crippen molar-refractivity contribution in [1.82, 2.24) is 5.32 Å². The Labute approximate surface area is 113 Å². The predicted molar refractivity (Wildman–Crippen MR) is 76.1 cm³/mol. The number of hydrogen-bond donors (Lipinski definition) is 2. The molecule has 0 unspecified atom stereocenters. The van der Waals surface area contributed by atoms with E-state index in [1.54, 1.807) is 7.11 Å². The van der Waals surface area contributed by atoms with E-state index in [1.807, 2.05) is 54.6 Å². The van der Waals surface area contributed by atoms with Gasteiger partial charge in [-0.15, -0.1) is 0 Å². The fourth-order valence-corrected chi connectivity index (χ4v) is 1.96. The zero-order chi connectivity index (χ0) is 13.5. The molecule has 1 atom stereocenters. The van der Waals surface area contributed by atoms with Crippen molar-refractivity contribution in [1.29, 1.82) is 0 Å². The van der Waals surface area contributed by atoms with Gasteiger partial charge in [0.25, 0.3) is 0 Å². The van der Waals surface area contributed by atoms with Gasteiger partial charge in [0, 0.05) is 6.54 Å². The van der Waals surface area contributed by atoms with Crippen LogP contribution < -0.4 is 10.1 Å². The van der Waals surface area contributed by atoms with Gasteiger partial charge in [-0.3, -0.25) is 0 Å². The van der Waals surface area contributed by atoms with E-state index in [2.05, 4.69) is 5.32 Å². The lowest BCUT2D eigenvalue weighted by Gasteiger charge is -2.16. The molecule has 2 aromatic rings. The first kappa shape index (κ1) is 13.6. The summed E-state index contributed by atoms with van der Waals surface area (Å²) in [6, 6.07) is 17.8. The highest BCUT2D eigenvalue weighted by molar-refractivity contribution is 5.27. The highest BCUT2D eigenvalue weighted by Gasteiger charge is 2.08. The van der Waals surface area contributed by atoms with Crippen LogP contribution in [0.2, 0.25) is 0 Å². The first-order chi connectivity index (χ1) is 9.33. The first-order valence-electron chi connectivity index (χ1n) is 6.35. The highest BCUT2D eigenvalue weighted by atomic mass is 16.5. The molecule has 2 N–H and O–H groups in total. The Kier molecular flexibility index (Phi) is 4.95. The second kappa shape index (κ2) is 6.92. The Morgan fingerprint density at radius 3 is 2.32 bits per heavy atom. The molecule has 0 bridgehead atoms. The standard InChI is InChI=1S/C16H19NO2/c1-19-15-9-7-13(8-10-15)11-17-16(12-18)14-5-3-2-4-6-14/h2-10,16-18H,11-12H2,1H3/t16-/m0/s1. The van der Waals surface area contributed by atoms with Crippen LogP contribution in [0.25, 0.3) is 0 Å². The van der Waals surface area contributed by atoms with Gasteiger partial charge in [-0.1, -0.05) is 42.5 Å². The van der Waals surface area contributed by atoms with Crippen molar-refractivity contribution >= 4 is 0 Å². The van der Waals surface area contributed by atoms with Crippen LogP contribution in [0.5, 0.6) is 5.75 Å². The van der Waals surface area contributed by atoms with Gasteiger partial charge in [0.2, 0.25) is 0 Å². The minimum absolute atomic E-state index is 0.0386. The molecule has 0 spiro atoms. The van der Waals surface area contributed by atoms with Gasteiger partial charge in [-0.2, -0.15) is 0 Å². The molecule has 0 radical (unpaired) electrons. The fraction of sp³-hybridized carbons (Fsp3) is 0.250. The smallest absolute Gasteiger partial charge is 0.118 e. The number of nitrogens with one attached hydrogen (secondary N) is 1. The maximum Gasteiger partial charge on any atom is 0.118 e. The van der Waals surface area contributed by atoms with E-state index in [9.17, 15) is 5.11 Å². The summed E-state index contributed by atoms with van der Waals surface area (Å²) in [4.78, 5) is 0. The van der Waals surface area contributed by atoms with Crippen molar-refractivity contribution in [2.24, 2.45) is 0 Å². The molecule has 0 aromatic heterocycles. The van der Waals surface area contributed by atoms with E-state index in [4.69, 9.17) is 4.74 Å². The fourth-order valence-electron chi connectivity index (χ4n) is 1.96. The Morgan fingerprint density at radius 1 is 1.05 bits per heavy atom. The van der Waals surface area contributed by atoms with Crippen molar-refractivity contribution in [3.05, 3.63) is 65.7 Å². The Morgan fingerprint density at radius 2 is 1.74 bits per heavy atom. The number of benzene rings is 2. The topological polar surface area (TPSA) is 41.5 Å². The van der Waals surface area contributed by atoms with Gasteiger partial charge in [0.05, 0.1) is 19.8 Å². The summed E-state index contributed by atoms with van der Waals surface area (Å²) >= 11 is 0. The zero-order valence-corrected chi connectivity index (χ0v) is 11.0. The molecule has 0 saturated heterocycles. The Hall–Kier alpha value is -1.84. The quantitative estimate of drug-likeness (QED) is 0.835. The second-order valence-electron chi connectivity index (χ2n) is 4.37. The molecular formula is C16H19NO2. The van der Waals surface area contributed by atoms with Gasteiger partial charge >= 0.3 is 0 Å². The molecule has 0 aliphatic carbocycles. The summed E-state index contributed by atoms with van der Waals surface area (Å²) < 4.78 is 5.12. The lowest BCUT2D eigenvalue weighted by Crippen LogP contribution is -2.23. The third-order valence-electron chi connectivity index (χ3n) is 3.10. The van der Waals surface area contributed by atoms with E-state index >= 15 is 0 Å². The number of ether oxygens (including phenoxy) is 1. The number of rotatable bonds is 6. The van der Waals surface area contributed by atoms with E-state index in [-0.39, 0.29) is 12.6 Å². The van der Waals surface area contributed by atoms with Gasteiger partial charge in [-0.25, -0.2) is 0 Å². The number of aliphatic hydroxyl groups excluding tert-OH is 1. The summed E-state index contributed by atoms with van der Waals surface area (Å²) in [6.07, 6.45) is 0. The lowest BCUT2D eigenvalue weighted by molar-refractivity contribution is 0.243. The van der Waals surface area contributed by atoms with Gasteiger partial charge < -0.3 is 15.2 Å². The van der Waals surface area contributed by atoms with Crippen molar-refractivity contribution in [2.75, 3.05) is 13.7 Å². The summed E-state index contributed by atoms with van der Waals surface area (Å²) in [5.41, 5.74) is 2.26. The molecule has 0 saturated carbocycles. The van der Waals surface area contributed by atoms with Crippen LogP contribution in [0.3, 0.4) is 0 Å². The predicted octanol–water partition coefficient (Wildman–Crippen LogP) is 2.52. The Balaban J connectivity index is 1.96. The molecule has 2 rings (SSSR count). The van der Waals surface area contributed by atoms with Gasteiger partial charge in [0.1, 0.15) is 5.75 Å². The molecular weight excluding hydrogens is 238 g/mol. The zero-order valence-electron chi connectivity index (χ0n) is 11.0. The van der Waals surface area contributed by atoms with E-state index in [1.165, 1.54) is 0 Å². The summed E-state index contributed by atoms with van der Waals surface area (Å²) in [5, 5.41) is 12.8. The average molecular weight is 257 g/mol. The number of aliphatic hydroxyl groups is 1. The first-order valence-corrected chi connectivity index (χ1v) is 6.35. The van der Waals surface area contributed by atoms with E-state index in [0.29, 0.717) is 6.54 Å². The van der Waals surface area contributed by atoms with Crippen molar-refractivity contribution in [3.63, 3.8) is 0 Å². The van der Waals surface area contributed by atoms with Crippen LogP contribution in [-0.2, 0) is 6.54 Å². The molecule has 3 nitrogen and oxygen atoms in total. The molecule has 0 fully saturated rings. The summed E-state index contributed by atoms with van der Waals surface area (Å²) in [6.45, 7) is 0.796. The van der Waals surface area contributed by atoms with Crippen molar-refractivity contribution in [2.45, 2.75) is 12.6 Å². The van der Waals surface area contributed by atoms with E-state index in [0.717, 1.165) is 16.9 Å². The molecule has 0 aliphatic heterocycles. The van der Waals surface area contributed by atoms with Gasteiger partial charge in [-0.05, 0) is 23.3 Å². The molecule has 3 heteroatoms. The largest absolute Gasteiger partial charge is 0.497 e. The van der Waals surface area contributed by atoms with Crippen LogP contribution in [0.15, 0.2) is 54.6 Å². The minimum Gasteiger partial charge on any atom is -0.497 e. The molecule has 0 aliphatic rings. The second-order valence-corrected chi connectivity index (χ2v) is 4.37. The molecule has 2 aromatic carbocycles. The Bertz CT molecular complexity index is 482. The monoisotopic (exact) mass is 257 g/mol. The van der Waals surface area contributed by atoms with Gasteiger partial charge in [0.15, 0.2) is 0 Å². The molecule has 100 valence electrons. The molecule has 19 heavy (non-hydrogen) atoms. The van der Waals surface area contributed by atoms with E-state index < -0.39 is 0 Å². The van der Waals surface area contributed by atoms with Crippen molar-refractivity contribution < 1.29 is 9.84 Å². The van der Waals surface area contributed by atoms with Crippen LogP contribution >= 0.6 is 0 Å². The average Bonchev–Trinajstić information content (AvgIpc) is 2.49. The lowest BCUT2D eigenvalue weighted by atomic mass is 10.1. The third-order valence-corrected chi connectivity index (χ3v) is 3.10. The van der Waals surface area contributed by atoms with Crippen LogP contribution in [0.4, 0.5) is 0 Å². The highest BCUT2D eigenvalue weighted by Crippen LogP contribution is 2.14. The molecule has 0 amide bonds. The van der Waals surface area contributed by atoms with Crippen LogP contribution in [0.1, 0.15) is 17.2 Å². The minimum atomic E-state index is -0.0386. The van der Waals surface area contributed by atoms with Crippen LogP contribution in [-0.4, -0.2) is 18.8 Å². The normalized spacial score (nSPS) is 12.1. The van der Waals surface area contributed by atoms with Crippen LogP contribution in [0, 0.1) is 0 Å². The SMILES string of the molecule is COc1ccc(CN[C@@H](CO)c2ccccc2)cc1. The molecule has 0 heterocycles. The summed E-state index contributed by atoms with van der Waals surface area (Å²) in [7, 11) is 1.66. The van der Waals surface area contributed by atoms with Crippen molar-refractivity contribution in [3.8, 4) is 5.75 Å². The number of methoxy groups -OCH3 is 1. The maximum atomic E-state index is 9.46. The number of hydrogen-bond acceptors (Lipinski definition) is 3. The maximum absolute atomic E-state index is 9.46. The summed E-state index contributed by atoms with van der Waals surface area (Å²) in [5.74, 6) is 0.852. The third kappa shape index (κ3) is 3.81.